The zero-order chi connectivity index (χ0) is 16.1. The van der Waals surface area contributed by atoms with E-state index in [9.17, 15) is 4.79 Å². The van der Waals surface area contributed by atoms with Crippen LogP contribution in [0.3, 0.4) is 0 Å². The van der Waals surface area contributed by atoms with Gasteiger partial charge in [-0.15, -0.1) is 0 Å². The van der Waals surface area contributed by atoms with E-state index in [0.717, 1.165) is 38.2 Å². The Morgan fingerprint density at radius 2 is 2.00 bits per heavy atom. The maximum absolute atomic E-state index is 11.8. The third-order valence-corrected chi connectivity index (χ3v) is 4.27. The van der Waals surface area contributed by atoms with Crippen LogP contribution in [-0.4, -0.2) is 40.3 Å². The first-order chi connectivity index (χ1) is 11.3. The van der Waals surface area contributed by atoms with Gasteiger partial charge in [0.2, 0.25) is 0 Å². The maximum atomic E-state index is 11.8. The van der Waals surface area contributed by atoms with Gasteiger partial charge in [-0.1, -0.05) is 18.2 Å². The second-order valence-electron chi connectivity index (χ2n) is 5.93. The highest BCUT2D eigenvalue weighted by atomic mass is 16.5. The van der Waals surface area contributed by atoms with Crippen molar-refractivity contribution >= 4 is 5.97 Å². The Labute approximate surface area is 136 Å². The van der Waals surface area contributed by atoms with E-state index in [1.165, 1.54) is 5.56 Å². The number of aromatic nitrogens is 2. The van der Waals surface area contributed by atoms with Gasteiger partial charge in [-0.2, -0.15) is 5.10 Å². The number of rotatable bonds is 5. The number of esters is 1. The molecule has 1 aliphatic heterocycles. The first kappa shape index (κ1) is 15.7. The summed E-state index contributed by atoms with van der Waals surface area (Å²) in [5, 5.41) is 4.44. The van der Waals surface area contributed by atoms with Gasteiger partial charge in [-0.3, -0.25) is 9.69 Å². The predicted octanol–water partition coefficient (Wildman–Crippen LogP) is 2.65. The van der Waals surface area contributed by atoms with Crippen LogP contribution in [0, 0.1) is 5.92 Å². The molecule has 0 N–H and O–H groups in total. The molecule has 2 heterocycles. The van der Waals surface area contributed by atoms with E-state index < -0.39 is 0 Å². The number of benzene rings is 1. The number of likely N-dealkylation sites (tertiary alicyclic amines) is 1. The number of para-hydroxylation sites is 1. The molecule has 0 bridgehead atoms. The summed E-state index contributed by atoms with van der Waals surface area (Å²) in [7, 11) is 0. The van der Waals surface area contributed by atoms with Crippen LogP contribution in [0.1, 0.15) is 25.3 Å². The van der Waals surface area contributed by atoms with Crippen LogP contribution in [0.4, 0.5) is 0 Å². The van der Waals surface area contributed by atoms with Gasteiger partial charge < -0.3 is 4.74 Å². The molecule has 0 aliphatic carbocycles. The summed E-state index contributed by atoms with van der Waals surface area (Å²) < 4.78 is 7.02. The minimum absolute atomic E-state index is 0.0379. The second kappa shape index (κ2) is 7.42. The van der Waals surface area contributed by atoms with Gasteiger partial charge in [0.05, 0.1) is 24.4 Å². The lowest BCUT2D eigenvalue weighted by atomic mass is 9.97. The molecule has 1 aromatic carbocycles. The standard InChI is InChI=1S/C18H23N3O2/c1-2-23-18(22)16-8-10-20(11-9-16)13-15-12-19-21(14-15)17-6-4-3-5-7-17/h3-7,12,14,16H,2,8-11,13H2,1H3. The first-order valence-electron chi connectivity index (χ1n) is 8.24. The van der Waals surface area contributed by atoms with Crippen molar-refractivity contribution in [3.05, 3.63) is 48.3 Å². The van der Waals surface area contributed by atoms with Crippen LogP contribution in [0.5, 0.6) is 0 Å². The van der Waals surface area contributed by atoms with Crippen molar-refractivity contribution in [3.8, 4) is 5.69 Å². The summed E-state index contributed by atoms with van der Waals surface area (Å²) in [6.07, 6.45) is 5.76. The highest BCUT2D eigenvalue weighted by Crippen LogP contribution is 2.20. The van der Waals surface area contributed by atoms with Crippen LogP contribution in [0.2, 0.25) is 0 Å². The van der Waals surface area contributed by atoms with Crippen molar-refractivity contribution in [1.29, 1.82) is 0 Å². The number of piperidine rings is 1. The van der Waals surface area contributed by atoms with Gasteiger partial charge in [-0.05, 0) is 45.0 Å². The van der Waals surface area contributed by atoms with Gasteiger partial charge in [-0.25, -0.2) is 4.68 Å². The number of nitrogens with zero attached hydrogens (tertiary/aromatic N) is 3. The molecule has 1 saturated heterocycles. The summed E-state index contributed by atoms with van der Waals surface area (Å²) in [6, 6.07) is 10.1. The molecule has 1 fully saturated rings. The molecule has 1 aromatic heterocycles. The van der Waals surface area contributed by atoms with Gasteiger partial charge in [0.15, 0.2) is 0 Å². The fourth-order valence-electron chi connectivity index (χ4n) is 3.01. The van der Waals surface area contributed by atoms with Crippen LogP contribution in [0.15, 0.2) is 42.7 Å². The quantitative estimate of drug-likeness (QED) is 0.796. The van der Waals surface area contributed by atoms with E-state index in [2.05, 4.69) is 16.2 Å². The molecule has 0 unspecified atom stereocenters. The average Bonchev–Trinajstić information content (AvgIpc) is 3.05. The normalized spacial score (nSPS) is 16.4. The second-order valence-corrected chi connectivity index (χ2v) is 5.93. The molecule has 23 heavy (non-hydrogen) atoms. The summed E-state index contributed by atoms with van der Waals surface area (Å²) in [5.41, 5.74) is 2.27. The zero-order valence-corrected chi connectivity index (χ0v) is 13.5. The predicted molar refractivity (Wildman–Crippen MR) is 88.2 cm³/mol. The van der Waals surface area contributed by atoms with E-state index in [1.54, 1.807) is 0 Å². The van der Waals surface area contributed by atoms with Crippen molar-refractivity contribution in [3.63, 3.8) is 0 Å². The van der Waals surface area contributed by atoms with Crippen LogP contribution in [-0.2, 0) is 16.1 Å². The molecule has 5 nitrogen and oxygen atoms in total. The monoisotopic (exact) mass is 313 g/mol. The minimum atomic E-state index is -0.0379. The Bertz CT molecular complexity index is 631. The smallest absolute Gasteiger partial charge is 0.309 e. The molecule has 0 amide bonds. The highest BCUT2D eigenvalue weighted by molar-refractivity contribution is 5.72. The molecule has 0 atom stereocenters. The van der Waals surface area contributed by atoms with Crippen molar-refractivity contribution in [2.45, 2.75) is 26.3 Å². The van der Waals surface area contributed by atoms with Crippen molar-refractivity contribution in [2.24, 2.45) is 5.92 Å². The van der Waals surface area contributed by atoms with Crippen LogP contribution >= 0.6 is 0 Å². The molecule has 1 aliphatic rings. The Kier molecular flexibility index (Phi) is 5.08. The molecule has 5 heteroatoms. The number of hydrogen-bond acceptors (Lipinski definition) is 4. The summed E-state index contributed by atoms with van der Waals surface area (Å²) in [6.45, 7) is 5.07. The largest absolute Gasteiger partial charge is 0.466 e. The van der Waals surface area contributed by atoms with E-state index in [1.807, 2.05) is 48.1 Å². The lowest BCUT2D eigenvalue weighted by molar-refractivity contribution is -0.149. The third-order valence-electron chi connectivity index (χ3n) is 4.27. The number of ether oxygens (including phenoxy) is 1. The first-order valence-corrected chi connectivity index (χ1v) is 8.24. The van der Waals surface area contributed by atoms with E-state index in [0.29, 0.717) is 6.61 Å². The Balaban J connectivity index is 1.53. The van der Waals surface area contributed by atoms with E-state index in [4.69, 9.17) is 4.74 Å². The minimum Gasteiger partial charge on any atom is -0.466 e. The Hall–Kier alpha value is -2.14. The van der Waals surface area contributed by atoms with Crippen LogP contribution < -0.4 is 0 Å². The number of hydrogen-bond donors (Lipinski definition) is 0. The third kappa shape index (κ3) is 3.99. The molecule has 122 valence electrons. The van der Waals surface area contributed by atoms with Gasteiger partial charge in [0, 0.05) is 18.3 Å². The fourth-order valence-corrected chi connectivity index (χ4v) is 3.01. The zero-order valence-electron chi connectivity index (χ0n) is 13.5. The lowest BCUT2D eigenvalue weighted by Gasteiger charge is -2.30. The molecule has 2 aromatic rings. The Morgan fingerprint density at radius 3 is 2.70 bits per heavy atom. The average molecular weight is 313 g/mol. The van der Waals surface area contributed by atoms with Crippen molar-refractivity contribution in [1.82, 2.24) is 14.7 Å². The highest BCUT2D eigenvalue weighted by Gasteiger charge is 2.26. The summed E-state index contributed by atoms with van der Waals surface area (Å²) in [4.78, 5) is 14.1. The topological polar surface area (TPSA) is 47.4 Å². The number of carbonyl (C=O) groups excluding carboxylic acids is 1. The molecular formula is C18H23N3O2. The van der Waals surface area contributed by atoms with Gasteiger partial charge in [0.1, 0.15) is 0 Å². The summed E-state index contributed by atoms with van der Waals surface area (Å²) >= 11 is 0. The van der Waals surface area contributed by atoms with E-state index >= 15 is 0 Å². The van der Waals surface area contributed by atoms with Gasteiger partial charge >= 0.3 is 5.97 Å². The van der Waals surface area contributed by atoms with Crippen molar-refractivity contribution < 1.29 is 9.53 Å². The SMILES string of the molecule is CCOC(=O)C1CCN(Cc2cnn(-c3ccccc3)c2)CC1. The maximum Gasteiger partial charge on any atom is 0.309 e. The summed E-state index contributed by atoms with van der Waals surface area (Å²) in [5.74, 6) is 0.0299. The van der Waals surface area contributed by atoms with E-state index in [-0.39, 0.29) is 11.9 Å². The molecule has 0 saturated carbocycles. The molecule has 0 spiro atoms. The number of carbonyl (C=O) groups is 1. The van der Waals surface area contributed by atoms with Crippen molar-refractivity contribution in [2.75, 3.05) is 19.7 Å². The fraction of sp³-hybridized carbons (Fsp3) is 0.444. The Morgan fingerprint density at radius 1 is 1.26 bits per heavy atom. The molecule has 3 rings (SSSR count). The van der Waals surface area contributed by atoms with Gasteiger partial charge in [0.25, 0.3) is 0 Å². The molecule has 0 radical (unpaired) electrons. The lowest BCUT2D eigenvalue weighted by Crippen LogP contribution is -2.36. The molecular weight excluding hydrogens is 290 g/mol. The van der Waals surface area contributed by atoms with Crippen LogP contribution in [0.25, 0.3) is 5.69 Å².